The molecular weight excluding hydrogens is 270 g/mol. The molecule has 2 saturated heterocycles. The topological polar surface area (TPSA) is 64.1 Å². The Morgan fingerprint density at radius 2 is 1.95 bits per heavy atom. The van der Waals surface area contributed by atoms with E-state index in [0.717, 1.165) is 32.6 Å². The Labute approximate surface area is 126 Å². The molecule has 2 aliphatic rings. The standard InChI is InChI=1S/C15H27N3O3/c1-3-18(12(2)10-14(19)20)15(21)17-9-6-13(11-17)16-7-4-5-8-16/h12-13H,3-11H2,1-2H3,(H,19,20). The number of carbonyl (C=O) groups is 2. The maximum atomic E-state index is 12.6. The average Bonchev–Trinajstić information content (AvgIpc) is 3.09. The van der Waals surface area contributed by atoms with Crippen molar-refractivity contribution in [3.63, 3.8) is 0 Å². The van der Waals surface area contributed by atoms with Crippen molar-refractivity contribution in [3.8, 4) is 0 Å². The van der Waals surface area contributed by atoms with Crippen molar-refractivity contribution in [3.05, 3.63) is 0 Å². The van der Waals surface area contributed by atoms with Crippen molar-refractivity contribution in [1.29, 1.82) is 0 Å². The molecule has 0 aromatic carbocycles. The lowest BCUT2D eigenvalue weighted by Crippen LogP contribution is -2.48. The van der Waals surface area contributed by atoms with Gasteiger partial charge in [0, 0.05) is 31.7 Å². The van der Waals surface area contributed by atoms with E-state index in [9.17, 15) is 9.59 Å². The van der Waals surface area contributed by atoms with Crippen LogP contribution in [0.5, 0.6) is 0 Å². The number of carbonyl (C=O) groups excluding carboxylic acids is 1. The number of amides is 2. The smallest absolute Gasteiger partial charge is 0.320 e. The van der Waals surface area contributed by atoms with E-state index in [0.29, 0.717) is 12.6 Å². The molecule has 120 valence electrons. The van der Waals surface area contributed by atoms with Crippen LogP contribution in [0.25, 0.3) is 0 Å². The lowest BCUT2D eigenvalue weighted by Gasteiger charge is -2.32. The molecule has 0 radical (unpaired) electrons. The maximum Gasteiger partial charge on any atom is 0.320 e. The van der Waals surface area contributed by atoms with Crippen LogP contribution in [0.1, 0.15) is 39.5 Å². The summed E-state index contributed by atoms with van der Waals surface area (Å²) in [6.07, 6.45) is 3.57. The van der Waals surface area contributed by atoms with Gasteiger partial charge in [-0.1, -0.05) is 0 Å². The third-order valence-corrected chi connectivity index (χ3v) is 4.68. The maximum absolute atomic E-state index is 12.6. The fraction of sp³-hybridized carbons (Fsp3) is 0.867. The Morgan fingerprint density at radius 1 is 1.29 bits per heavy atom. The molecule has 2 atom stereocenters. The minimum absolute atomic E-state index is 0.00295. The first kappa shape index (κ1) is 16.1. The molecule has 2 aliphatic heterocycles. The van der Waals surface area contributed by atoms with E-state index >= 15 is 0 Å². The molecule has 1 N–H and O–H groups in total. The number of carboxylic acids is 1. The third kappa shape index (κ3) is 3.87. The van der Waals surface area contributed by atoms with E-state index in [2.05, 4.69) is 4.90 Å². The number of rotatable bonds is 5. The minimum Gasteiger partial charge on any atom is -0.481 e. The lowest BCUT2D eigenvalue weighted by atomic mass is 10.2. The predicted octanol–water partition coefficient (Wildman–Crippen LogP) is 1.46. The number of carboxylic acid groups (broad SMARTS) is 1. The molecule has 0 aromatic rings. The van der Waals surface area contributed by atoms with Gasteiger partial charge in [-0.05, 0) is 46.2 Å². The third-order valence-electron chi connectivity index (χ3n) is 4.68. The molecule has 2 heterocycles. The Bertz CT molecular complexity index is 382. The molecule has 0 saturated carbocycles. The van der Waals surface area contributed by atoms with Crippen LogP contribution in [0, 0.1) is 0 Å². The first-order valence-electron chi connectivity index (χ1n) is 8.04. The second-order valence-electron chi connectivity index (χ2n) is 6.15. The molecule has 0 spiro atoms. The van der Waals surface area contributed by atoms with E-state index in [1.54, 1.807) is 4.90 Å². The second-order valence-corrected chi connectivity index (χ2v) is 6.15. The van der Waals surface area contributed by atoms with Gasteiger partial charge in [0.25, 0.3) is 0 Å². The highest BCUT2D eigenvalue weighted by Gasteiger charge is 2.34. The summed E-state index contributed by atoms with van der Waals surface area (Å²) in [5.41, 5.74) is 0. The van der Waals surface area contributed by atoms with Gasteiger partial charge < -0.3 is 14.9 Å². The molecule has 0 aliphatic carbocycles. The molecule has 6 nitrogen and oxygen atoms in total. The number of aliphatic carboxylic acids is 1. The van der Waals surface area contributed by atoms with Crippen molar-refractivity contribution >= 4 is 12.0 Å². The molecule has 2 fully saturated rings. The van der Waals surface area contributed by atoms with Crippen molar-refractivity contribution < 1.29 is 14.7 Å². The SMILES string of the molecule is CCN(C(=O)N1CCC(N2CCCC2)C1)C(C)CC(=O)O. The van der Waals surface area contributed by atoms with Gasteiger partial charge in [0.2, 0.25) is 0 Å². The summed E-state index contributed by atoms with van der Waals surface area (Å²) in [5, 5.41) is 8.90. The molecule has 2 unspecified atom stereocenters. The normalized spacial score (nSPS) is 24.3. The van der Waals surface area contributed by atoms with Gasteiger partial charge in [-0.2, -0.15) is 0 Å². The van der Waals surface area contributed by atoms with E-state index < -0.39 is 5.97 Å². The zero-order valence-electron chi connectivity index (χ0n) is 13.1. The summed E-state index contributed by atoms with van der Waals surface area (Å²) in [6, 6.07) is 0.226. The molecule has 0 aromatic heterocycles. The van der Waals surface area contributed by atoms with E-state index in [1.807, 2.05) is 18.7 Å². The van der Waals surface area contributed by atoms with Crippen LogP contribution in [-0.4, -0.2) is 76.6 Å². The zero-order chi connectivity index (χ0) is 15.4. The summed E-state index contributed by atoms with van der Waals surface area (Å²) in [6.45, 7) is 8.15. The largest absolute Gasteiger partial charge is 0.481 e. The number of hydrogen-bond acceptors (Lipinski definition) is 3. The molecule has 21 heavy (non-hydrogen) atoms. The summed E-state index contributed by atoms with van der Waals surface area (Å²) < 4.78 is 0. The van der Waals surface area contributed by atoms with Crippen molar-refractivity contribution in [1.82, 2.24) is 14.7 Å². The Kier molecular flexibility index (Phi) is 5.45. The van der Waals surface area contributed by atoms with E-state index in [-0.39, 0.29) is 18.5 Å². The Hall–Kier alpha value is -1.30. The number of urea groups is 1. The molecule has 2 rings (SSSR count). The van der Waals surface area contributed by atoms with E-state index in [1.165, 1.54) is 12.8 Å². The van der Waals surface area contributed by atoms with Gasteiger partial charge in [-0.15, -0.1) is 0 Å². The number of nitrogens with zero attached hydrogens (tertiary/aromatic N) is 3. The van der Waals surface area contributed by atoms with Crippen LogP contribution in [0.3, 0.4) is 0 Å². The van der Waals surface area contributed by atoms with Crippen LogP contribution in [0.4, 0.5) is 4.79 Å². The van der Waals surface area contributed by atoms with Crippen molar-refractivity contribution in [2.75, 3.05) is 32.7 Å². The van der Waals surface area contributed by atoms with Gasteiger partial charge >= 0.3 is 12.0 Å². The van der Waals surface area contributed by atoms with Gasteiger partial charge in [0.15, 0.2) is 0 Å². The number of hydrogen-bond donors (Lipinski definition) is 1. The minimum atomic E-state index is -0.856. The van der Waals surface area contributed by atoms with Gasteiger partial charge in [0.05, 0.1) is 6.42 Å². The predicted molar refractivity (Wildman–Crippen MR) is 80.3 cm³/mol. The highest BCUT2D eigenvalue weighted by molar-refractivity contribution is 5.76. The summed E-state index contributed by atoms with van der Waals surface area (Å²) in [5.74, 6) is -0.856. The second kappa shape index (κ2) is 7.11. The molecule has 6 heteroatoms. The monoisotopic (exact) mass is 297 g/mol. The fourth-order valence-electron chi connectivity index (χ4n) is 3.50. The van der Waals surface area contributed by atoms with Gasteiger partial charge in [0.1, 0.15) is 0 Å². The first-order chi connectivity index (χ1) is 10.0. The highest BCUT2D eigenvalue weighted by atomic mass is 16.4. The molecule has 0 bridgehead atoms. The fourth-order valence-corrected chi connectivity index (χ4v) is 3.50. The van der Waals surface area contributed by atoms with Crippen LogP contribution >= 0.6 is 0 Å². The van der Waals surface area contributed by atoms with Crippen LogP contribution in [0.15, 0.2) is 0 Å². The van der Waals surface area contributed by atoms with Crippen LogP contribution in [-0.2, 0) is 4.79 Å². The van der Waals surface area contributed by atoms with Gasteiger partial charge in [-0.3, -0.25) is 9.69 Å². The quantitative estimate of drug-likeness (QED) is 0.834. The molecular formula is C15H27N3O3. The summed E-state index contributed by atoms with van der Waals surface area (Å²) in [4.78, 5) is 29.5. The van der Waals surface area contributed by atoms with E-state index in [4.69, 9.17) is 5.11 Å². The highest BCUT2D eigenvalue weighted by Crippen LogP contribution is 2.22. The summed E-state index contributed by atoms with van der Waals surface area (Å²) >= 11 is 0. The van der Waals surface area contributed by atoms with Gasteiger partial charge in [-0.25, -0.2) is 4.79 Å². The lowest BCUT2D eigenvalue weighted by molar-refractivity contribution is -0.138. The average molecular weight is 297 g/mol. The molecule has 2 amide bonds. The zero-order valence-corrected chi connectivity index (χ0v) is 13.1. The van der Waals surface area contributed by atoms with Crippen LogP contribution in [0.2, 0.25) is 0 Å². The first-order valence-corrected chi connectivity index (χ1v) is 8.04. The van der Waals surface area contributed by atoms with Crippen LogP contribution < -0.4 is 0 Å². The number of likely N-dealkylation sites (tertiary alicyclic amines) is 2. The summed E-state index contributed by atoms with van der Waals surface area (Å²) in [7, 11) is 0. The van der Waals surface area contributed by atoms with Crippen molar-refractivity contribution in [2.45, 2.75) is 51.6 Å². The van der Waals surface area contributed by atoms with Crippen molar-refractivity contribution in [2.24, 2.45) is 0 Å². The Balaban J connectivity index is 1.90. The Morgan fingerprint density at radius 3 is 2.52 bits per heavy atom.